The molecule has 2 aromatic carbocycles. The third-order valence-electron chi connectivity index (χ3n) is 5.40. The van der Waals surface area contributed by atoms with Gasteiger partial charge >= 0.3 is 0 Å². The topological polar surface area (TPSA) is 84.2 Å². The molecule has 30 heavy (non-hydrogen) atoms. The fourth-order valence-corrected chi connectivity index (χ4v) is 4.02. The van der Waals surface area contributed by atoms with Crippen molar-refractivity contribution in [2.24, 2.45) is 5.92 Å². The Balaban J connectivity index is 1.86. The number of fused-ring (bicyclic) bond motifs is 1. The van der Waals surface area contributed by atoms with Crippen LogP contribution in [0.5, 0.6) is 0 Å². The molecule has 1 aliphatic carbocycles. The number of aliphatic hydroxyl groups excluding tert-OH is 1. The molecule has 2 unspecified atom stereocenters. The molecular weight excluding hydrogens is 402 g/mol. The van der Waals surface area contributed by atoms with E-state index >= 15 is 0 Å². The molecule has 2 N–H and O–H groups in total. The van der Waals surface area contributed by atoms with Gasteiger partial charge in [0.05, 0.1) is 10.9 Å². The van der Waals surface area contributed by atoms with Crippen LogP contribution in [-0.4, -0.2) is 33.2 Å². The Kier molecular flexibility index (Phi) is 5.62. The number of benzene rings is 2. The lowest BCUT2D eigenvalue weighted by atomic mass is 10.1. The summed E-state index contributed by atoms with van der Waals surface area (Å²) in [6.07, 6.45) is 0.918. The van der Waals surface area contributed by atoms with Gasteiger partial charge in [-0.3, -0.25) is 14.2 Å². The number of amides is 1. The van der Waals surface area contributed by atoms with Gasteiger partial charge in [0.25, 0.3) is 5.56 Å². The highest BCUT2D eigenvalue weighted by Gasteiger charge is 2.37. The zero-order valence-corrected chi connectivity index (χ0v) is 17.7. The van der Waals surface area contributed by atoms with Gasteiger partial charge in [0.1, 0.15) is 12.4 Å². The van der Waals surface area contributed by atoms with Gasteiger partial charge in [-0.1, -0.05) is 29.8 Å². The maximum Gasteiger partial charge on any atom is 0.262 e. The Morgan fingerprint density at radius 2 is 2.10 bits per heavy atom. The summed E-state index contributed by atoms with van der Waals surface area (Å²) in [6.45, 7) is 3.76. The maximum atomic E-state index is 13.4. The number of aromatic nitrogens is 2. The molecule has 1 aromatic heterocycles. The van der Waals surface area contributed by atoms with Gasteiger partial charge in [-0.05, 0) is 61.9 Å². The molecule has 156 valence electrons. The fourth-order valence-electron chi connectivity index (χ4n) is 3.83. The number of carbonyl (C=O) groups is 1. The van der Waals surface area contributed by atoms with Crippen LogP contribution in [0.1, 0.15) is 31.7 Å². The lowest BCUT2D eigenvalue weighted by Crippen LogP contribution is -2.37. The molecule has 1 saturated carbocycles. The van der Waals surface area contributed by atoms with Crippen molar-refractivity contribution >= 4 is 28.4 Å². The number of aliphatic hydroxyl groups is 1. The first-order chi connectivity index (χ1) is 14.4. The first-order valence-electron chi connectivity index (χ1n) is 10.1. The summed E-state index contributed by atoms with van der Waals surface area (Å²) in [6, 6.07) is 12.7. The largest absolute Gasteiger partial charge is 0.396 e. The third kappa shape index (κ3) is 4.11. The average molecular weight is 426 g/mol. The molecule has 0 saturated heterocycles. The number of rotatable bonds is 6. The van der Waals surface area contributed by atoms with Crippen LogP contribution in [0.2, 0.25) is 5.02 Å². The van der Waals surface area contributed by atoms with Crippen LogP contribution in [-0.2, 0) is 11.3 Å². The Labute approximate surface area is 179 Å². The van der Waals surface area contributed by atoms with Gasteiger partial charge < -0.3 is 10.4 Å². The van der Waals surface area contributed by atoms with Gasteiger partial charge in [0, 0.05) is 23.2 Å². The number of hydrogen-bond acceptors (Lipinski definition) is 4. The van der Waals surface area contributed by atoms with Crippen molar-refractivity contribution in [2.45, 2.75) is 38.8 Å². The van der Waals surface area contributed by atoms with Crippen molar-refractivity contribution < 1.29 is 9.90 Å². The van der Waals surface area contributed by atoms with Gasteiger partial charge in [-0.15, -0.1) is 0 Å². The first kappa shape index (κ1) is 20.6. The van der Waals surface area contributed by atoms with E-state index in [-0.39, 0.29) is 42.5 Å². The first-order valence-corrected chi connectivity index (χ1v) is 10.5. The van der Waals surface area contributed by atoms with Crippen molar-refractivity contribution in [3.63, 3.8) is 0 Å². The Bertz CT molecular complexity index is 1170. The molecule has 0 radical (unpaired) electrons. The zero-order valence-electron chi connectivity index (χ0n) is 16.9. The van der Waals surface area contributed by atoms with Crippen LogP contribution in [0.3, 0.4) is 0 Å². The Hall–Kier alpha value is -2.70. The number of nitrogens with zero attached hydrogens (tertiary/aromatic N) is 2. The van der Waals surface area contributed by atoms with E-state index in [2.05, 4.69) is 5.32 Å². The minimum atomic E-state index is -0.267. The minimum Gasteiger partial charge on any atom is -0.396 e. The molecule has 0 bridgehead atoms. The average Bonchev–Trinajstić information content (AvgIpc) is 3.49. The van der Waals surface area contributed by atoms with Gasteiger partial charge in [0.2, 0.25) is 5.91 Å². The third-order valence-corrected chi connectivity index (χ3v) is 5.63. The number of nitrogens with one attached hydrogen (secondary N) is 1. The van der Waals surface area contributed by atoms with Gasteiger partial charge in [-0.25, -0.2) is 4.98 Å². The van der Waals surface area contributed by atoms with Gasteiger partial charge in [0.15, 0.2) is 0 Å². The summed E-state index contributed by atoms with van der Waals surface area (Å²) in [5.74, 6) is 0.667. The second kappa shape index (κ2) is 8.20. The molecule has 4 rings (SSSR count). The van der Waals surface area contributed by atoms with Crippen molar-refractivity contribution in [1.82, 2.24) is 14.9 Å². The summed E-state index contributed by atoms with van der Waals surface area (Å²) in [5, 5.41) is 13.2. The molecule has 6 nitrogen and oxygen atoms in total. The molecule has 0 spiro atoms. The summed E-state index contributed by atoms with van der Waals surface area (Å²) >= 11 is 6.15. The van der Waals surface area contributed by atoms with Crippen LogP contribution >= 0.6 is 11.6 Å². The molecule has 1 aliphatic rings. The van der Waals surface area contributed by atoms with Crippen LogP contribution in [0.15, 0.2) is 47.3 Å². The standard InChI is InChI=1S/C23H24ClN3O3/c1-13(2)25-21(29)11-27-22(15-4-3-5-17(24)8-15)26-20-7-6-14(9-19(20)23(27)30)18-10-16(18)12-28/h3-9,13,16,18,28H,10-12H2,1-2H3,(H,25,29). The second-order valence-electron chi connectivity index (χ2n) is 8.12. The summed E-state index contributed by atoms with van der Waals surface area (Å²) in [7, 11) is 0. The number of carbonyl (C=O) groups excluding carboxylic acids is 1. The van der Waals surface area contributed by atoms with E-state index in [4.69, 9.17) is 16.6 Å². The lowest BCUT2D eigenvalue weighted by molar-refractivity contribution is -0.122. The normalized spacial score (nSPS) is 18.0. The van der Waals surface area contributed by atoms with Crippen molar-refractivity contribution in [3.8, 4) is 11.4 Å². The second-order valence-corrected chi connectivity index (χ2v) is 8.56. The van der Waals surface area contributed by atoms with E-state index in [0.29, 0.717) is 27.3 Å². The van der Waals surface area contributed by atoms with Gasteiger partial charge in [-0.2, -0.15) is 0 Å². The molecular formula is C23H24ClN3O3. The van der Waals surface area contributed by atoms with Crippen LogP contribution < -0.4 is 10.9 Å². The number of hydrogen-bond donors (Lipinski definition) is 2. The summed E-state index contributed by atoms with van der Waals surface area (Å²) in [5.41, 5.74) is 2.00. The van der Waals surface area contributed by atoms with Crippen molar-refractivity contribution in [1.29, 1.82) is 0 Å². The quantitative estimate of drug-likeness (QED) is 0.634. The Morgan fingerprint density at radius 3 is 2.77 bits per heavy atom. The highest BCUT2D eigenvalue weighted by molar-refractivity contribution is 6.30. The Morgan fingerprint density at radius 1 is 1.30 bits per heavy atom. The highest BCUT2D eigenvalue weighted by Crippen LogP contribution is 2.47. The maximum absolute atomic E-state index is 13.4. The van der Waals surface area contributed by atoms with E-state index in [1.54, 1.807) is 18.2 Å². The summed E-state index contributed by atoms with van der Waals surface area (Å²) < 4.78 is 1.41. The number of halogens is 1. The van der Waals surface area contributed by atoms with E-state index in [9.17, 15) is 14.7 Å². The SMILES string of the molecule is CC(C)NC(=O)Cn1c(-c2cccc(Cl)c2)nc2ccc(C3CC3CO)cc2c1=O. The smallest absolute Gasteiger partial charge is 0.262 e. The predicted molar refractivity (Wildman–Crippen MR) is 118 cm³/mol. The van der Waals surface area contributed by atoms with E-state index in [1.807, 2.05) is 38.1 Å². The molecule has 1 amide bonds. The van der Waals surface area contributed by atoms with Crippen molar-refractivity contribution in [3.05, 3.63) is 63.4 Å². The minimum absolute atomic E-state index is 0.0341. The predicted octanol–water partition coefficient (Wildman–Crippen LogP) is 3.34. The molecule has 7 heteroatoms. The van der Waals surface area contributed by atoms with Crippen LogP contribution in [0.4, 0.5) is 0 Å². The van der Waals surface area contributed by atoms with Crippen molar-refractivity contribution in [2.75, 3.05) is 6.61 Å². The fraction of sp³-hybridized carbons (Fsp3) is 0.348. The molecule has 0 aliphatic heterocycles. The molecule has 3 aromatic rings. The molecule has 1 fully saturated rings. The lowest BCUT2D eigenvalue weighted by Gasteiger charge is -2.15. The van der Waals surface area contributed by atoms with E-state index < -0.39 is 0 Å². The van der Waals surface area contributed by atoms with E-state index in [0.717, 1.165) is 12.0 Å². The highest BCUT2D eigenvalue weighted by atomic mass is 35.5. The molecule has 2 atom stereocenters. The van der Waals surface area contributed by atoms with Crippen LogP contribution in [0, 0.1) is 5.92 Å². The zero-order chi connectivity index (χ0) is 21.4. The molecule has 1 heterocycles. The van der Waals surface area contributed by atoms with E-state index in [1.165, 1.54) is 4.57 Å². The van der Waals surface area contributed by atoms with Crippen LogP contribution in [0.25, 0.3) is 22.3 Å². The summed E-state index contributed by atoms with van der Waals surface area (Å²) in [4.78, 5) is 30.6. The monoisotopic (exact) mass is 425 g/mol.